The van der Waals surface area contributed by atoms with Crippen LogP contribution in [-0.2, 0) is 14.8 Å². The van der Waals surface area contributed by atoms with Gasteiger partial charge in [-0.3, -0.25) is 9.10 Å². The second kappa shape index (κ2) is 10.9. The van der Waals surface area contributed by atoms with Crippen molar-refractivity contribution in [2.45, 2.75) is 19.8 Å². The molecular weight excluding hydrogens is 436 g/mol. The number of hydrogen-bond donors (Lipinski definition) is 1. The van der Waals surface area contributed by atoms with E-state index in [9.17, 15) is 18.0 Å². The Morgan fingerprint density at radius 1 is 1.03 bits per heavy atom. The fourth-order valence-corrected chi connectivity index (χ4v) is 3.28. The van der Waals surface area contributed by atoms with Gasteiger partial charge in [0, 0.05) is 18.8 Å². The molecule has 1 amide bonds. The van der Waals surface area contributed by atoms with Crippen molar-refractivity contribution in [1.29, 1.82) is 0 Å². The maximum atomic E-state index is 13.0. The summed E-state index contributed by atoms with van der Waals surface area (Å²) in [4.78, 5) is 25.0. The highest BCUT2D eigenvalue weighted by molar-refractivity contribution is 7.92. The van der Waals surface area contributed by atoms with Crippen LogP contribution in [0.15, 0.2) is 36.4 Å². The Balaban J connectivity index is 2.31. The third-order valence-electron chi connectivity index (χ3n) is 4.69. The summed E-state index contributed by atoms with van der Waals surface area (Å²) in [6, 6.07) is 9.04. The summed E-state index contributed by atoms with van der Waals surface area (Å²) in [5.41, 5.74) is 0.975. The number of esters is 1. The first kappa shape index (κ1) is 25.0. The average Bonchev–Trinajstić information content (AvgIpc) is 2.77. The molecule has 32 heavy (non-hydrogen) atoms. The van der Waals surface area contributed by atoms with Gasteiger partial charge in [-0.1, -0.05) is 13.3 Å². The molecule has 0 aromatic heterocycles. The molecule has 0 atom stereocenters. The van der Waals surface area contributed by atoms with Crippen molar-refractivity contribution < 1.29 is 32.2 Å². The number of hydrogen-bond acceptors (Lipinski definition) is 7. The first-order valence-corrected chi connectivity index (χ1v) is 11.8. The van der Waals surface area contributed by atoms with Gasteiger partial charge < -0.3 is 19.5 Å². The maximum absolute atomic E-state index is 13.0. The fraction of sp³-hybridized carbons (Fsp3) is 0.364. The Labute approximate surface area is 188 Å². The number of ether oxygens (including phenoxy) is 3. The highest BCUT2D eigenvalue weighted by Gasteiger charge is 2.23. The molecule has 1 N–H and O–H groups in total. The van der Waals surface area contributed by atoms with Gasteiger partial charge in [0.15, 0.2) is 11.5 Å². The van der Waals surface area contributed by atoms with Crippen LogP contribution < -0.4 is 19.1 Å². The number of amides is 1. The number of sulfonamides is 1. The zero-order valence-electron chi connectivity index (χ0n) is 18.8. The second-order valence-electron chi connectivity index (χ2n) is 6.98. The van der Waals surface area contributed by atoms with E-state index in [4.69, 9.17) is 14.2 Å². The maximum Gasteiger partial charge on any atom is 0.338 e. The normalized spacial score (nSPS) is 10.9. The fourth-order valence-electron chi connectivity index (χ4n) is 2.77. The lowest BCUT2D eigenvalue weighted by Gasteiger charge is -2.22. The highest BCUT2D eigenvalue weighted by atomic mass is 32.2. The van der Waals surface area contributed by atoms with Crippen molar-refractivity contribution in [3.63, 3.8) is 0 Å². The molecule has 2 aromatic carbocycles. The zero-order valence-corrected chi connectivity index (χ0v) is 19.6. The number of carbonyl (C=O) groups excluding carboxylic acids is 2. The number of anilines is 2. The predicted molar refractivity (Wildman–Crippen MR) is 122 cm³/mol. The van der Waals surface area contributed by atoms with E-state index in [1.165, 1.54) is 33.4 Å². The highest BCUT2D eigenvalue weighted by Crippen LogP contribution is 2.36. The molecule has 2 aromatic rings. The summed E-state index contributed by atoms with van der Waals surface area (Å²) in [6.45, 7) is 2.35. The molecule has 0 radical (unpaired) electrons. The predicted octanol–water partition coefficient (Wildman–Crippen LogP) is 3.31. The summed E-state index contributed by atoms with van der Waals surface area (Å²) < 4.78 is 40.8. The van der Waals surface area contributed by atoms with E-state index in [-0.39, 0.29) is 22.7 Å². The van der Waals surface area contributed by atoms with Crippen molar-refractivity contribution in [3.8, 4) is 11.5 Å². The van der Waals surface area contributed by atoms with Crippen molar-refractivity contribution in [3.05, 3.63) is 47.5 Å². The topological polar surface area (TPSA) is 111 Å². The van der Waals surface area contributed by atoms with E-state index >= 15 is 0 Å². The molecule has 10 heteroatoms. The Morgan fingerprint density at radius 2 is 1.62 bits per heavy atom. The number of benzene rings is 2. The summed E-state index contributed by atoms with van der Waals surface area (Å²) in [5.74, 6) is -0.447. The Morgan fingerprint density at radius 3 is 2.16 bits per heavy atom. The molecule has 9 nitrogen and oxygen atoms in total. The van der Waals surface area contributed by atoms with E-state index in [0.29, 0.717) is 17.9 Å². The second-order valence-corrected chi connectivity index (χ2v) is 8.99. The molecule has 0 unspecified atom stereocenters. The van der Waals surface area contributed by atoms with E-state index in [1.54, 1.807) is 24.3 Å². The van der Waals surface area contributed by atoms with E-state index in [0.717, 1.165) is 23.4 Å². The third kappa shape index (κ3) is 6.13. The molecule has 0 saturated heterocycles. The molecular formula is C22H28N2O7S. The lowest BCUT2D eigenvalue weighted by molar-refractivity contribution is 0.0499. The molecule has 0 bridgehead atoms. The van der Waals surface area contributed by atoms with Crippen molar-refractivity contribution in [2.75, 3.05) is 43.8 Å². The molecule has 2 rings (SSSR count). The summed E-state index contributed by atoms with van der Waals surface area (Å²) in [5, 5.41) is 2.70. The Kier molecular flexibility index (Phi) is 8.48. The van der Waals surface area contributed by atoms with Gasteiger partial charge in [-0.15, -0.1) is 0 Å². The number of unbranched alkanes of at least 4 members (excludes halogenated alkanes) is 1. The number of methoxy groups -OCH3 is 2. The molecule has 0 fully saturated rings. The summed E-state index contributed by atoms with van der Waals surface area (Å²) >= 11 is 0. The summed E-state index contributed by atoms with van der Waals surface area (Å²) in [7, 11) is 0.519. The van der Waals surface area contributed by atoms with Crippen LogP contribution in [0.4, 0.5) is 11.4 Å². The van der Waals surface area contributed by atoms with Gasteiger partial charge in [-0.05, 0) is 36.8 Å². The number of nitrogens with zero attached hydrogens (tertiary/aromatic N) is 1. The van der Waals surface area contributed by atoms with Crippen LogP contribution in [0.1, 0.15) is 40.5 Å². The Bertz CT molecular complexity index is 1070. The number of carbonyl (C=O) groups is 2. The van der Waals surface area contributed by atoms with Gasteiger partial charge in [-0.2, -0.15) is 0 Å². The standard InChI is InChI=1S/C22H28N2O7S/c1-6-7-12-31-22(26)15-8-10-16(11-9-15)23-21(25)17-13-19(29-3)20(30-4)14-18(17)24(2)32(5,27)28/h8-11,13-14H,6-7,12H2,1-5H3,(H,23,25). The van der Waals surface area contributed by atoms with Crippen molar-refractivity contribution in [1.82, 2.24) is 0 Å². The van der Waals surface area contributed by atoms with Crippen molar-refractivity contribution in [2.24, 2.45) is 0 Å². The average molecular weight is 465 g/mol. The van der Waals surface area contributed by atoms with Crippen LogP contribution in [0.3, 0.4) is 0 Å². The number of nitrogens with one attached hydrogen (secondary N) is 1. The molecule has 0 spiro atoms. The molecule has 0 heterocycles. The summed E-state index contributed by atoms with van der Waals surface area (Å²) in [6.07, 6.45) is 2.74. The lowest BCUT2D eigenvalue weighted by Crippen LogP contribution is -2.28. The van der Waals surface area contributed by atoms with Crippen LogP contribution in [0, 0.1) is 0 Å². The largest absolute Gasteiger partial charge is 0.493 e. The van der Waals surface area contributed by atoms with Crippen LogP contribution in [0.25, 0.3) is 0 Å². The molecule has 0 aliphatic rings. The lowest BCUT2D eigenvalue weighted by atomic mass is 10.1. The Hall–Kier alpha value is -3.27. The minimum Gasteiger partial charge on any atom is -0.493 e. The first-order chi connectivity index (χ1) is 15.1. The molecule has 0 saturated carbocycles. The smallest absolute Gasteiger partial charge is 0.338 e. The SMILES string of the molecule is CCCCOC(=O)c1ccc(NC(=O)c2cc(OC)c(OC)cc2N(C)S(C)(=O)=O)cc1. The first-order valence-electron chi connectivity index (χ1n) is 9.90. The zero-order chi connectivity index (χ0) is 23.9. The van der Waals surface area contributed by atoms with Crippen LogP contribution in [0.2, 0.25) is 0 Å². The van der Waals surface area contributed by atoms with Gasteiger partial charge >= 0.3 is 5.97 Å². The molecule has 0 aliphatic heterocycles. The van der Waals surface area contributed by atoms with E-state index in [2.05, 4.69) is 5.32 Å². The van der Waals surface area contributed by atoms with Crippen LogP contribution >= 0.6 is 0 Å². The van der Waals surface area contributed by atoms with Crippen molar-refractivity contribution >= 4 is 33.3 Å². The third-order valence-corrected chi connectivity index (χ3v) is 5.88. The van der Waals surface area contributed by atoms with Crippen LogP contribution in [-0.4, -0.2) is 54.4 Å². The van der Waals surface area contributed by atoms with Crippen LogP contribution in [0.5, 0.6) is 11.5 Å². The minimum atomic E-state index is -3.65. The monoisotopic (exact) mass is 464 g/mol. The van der Waals surface area contributed by atoms with Gasteiger partial charge in [0.1, 0.15) is 0 Å². The number of rotatable bonds is 10. The van der Waals surface area contributed by atoms with E-state index in [1.807, 2.05) is 6.92 Å². The quantitative estimate of drug-likeness (QED) is 0.424. The molecule has 174 valence electrons. The molecule has 0 aliphatic carbocycles. The minimum absolute atomic E-state index is 0.0682. The van der Waals surface area contributed by atoms with Gasteiger partial charge in [-0.25, -0.2) is 13.2 Å². The van der Waals surface area contributed by atoms with Gasteiger partial charge in [0.25, 0.3) is 5.91 Å². The van der Waals surface area contributed by atoms with Gasteiger partial charge in [0.05, 0.1) is 43.9 Å². The van der Waals surface area contributed by atoms with Gasteiger partial charge in [0.2, 0.25) is 10.0 Å². The van der Waals surface area contributed by atoms with E-state index < -0.39 is 21.9 Å².